The molecule has 0 aromatic carbocycles. The lowest BCUT2D eigenvalue weighted by Gasteiger charge is -2.28. The Morgan fingerprint density at radius 2 is 2.37 bits per heavy atom. The molecular formula is C19H20F2N6O2S. The van der Waals surface area contributed by atoms with Gasteiger partial charge in [-0.25, -0.2) is 14.5 Å². The van der Waals surface area contributed by atoms with E-state index in [1.807, 2.05) is 10.3 Å². The first kappa shape index (κ1) is 20.2. The third-order valence-electron chi connectivity index (χ3n) is 5.06. The Hall–Kier alpha value is -3.08. The lowest BCUT2D eigenvalue weighted by molar-refractivity contribution is 0.0564. The number of amides is 1. The molecule has 1 atom stereocenters. The number of fused-ring (bicyclic) bond motifs is 1. The van der Waals surface area contributed by atoms with E-state index >= 15 is 0 Å². The molecule has 0 radical (unpaired) electrons. The molecule has 4 heterocycles. The van der Waals surface area contributed by atoms with Crippen molar-refractivity contribution in [3.8, 4) is 0 Å². The van der Waals surface area contributed by atoms with Crippen molar-refractivity contribution in [2.45, 2.75) is 19.0 Å². The average Bonchev–Trinajstić information content (AvgIpc) is 3.50. The van der Waals surface area contributed by atoms with Gasteiger partial charge in [-0.1, -0.05) is 6.08 Å². The maximum Gasteiger partial charge on any atom is 0.410 e. The molecule has 1 saturated heterocycles. The van der Waals surface area contributed by atoms with Crippen molar-refractivity contribution in [1.29, 1.82) is 0 Å². The fourth-order valence-corrected chi connectivity index (χ4v) is 4.39. The van der Waals surface area contributed by atoms with Crippen LogP contribution in [0.2, 0.25) is 0 Å². The van der Waals surface area contributed by atoms with Crippen molar-refractivity contribution in [3.63, 3.8) is 0 Å². The lowest BCUT2D eigenvalue weighted by Crippen LogP contribution is -2.43. The van der Waals surface area contributed by atoms with Gasteiger partial charge in [-0.3, -0.25) is 9.89 Å². The molecule has 0 bridgehead atoms. The summed E-state index contributed by atoms with van der Waals surface area (Å²) in [6.07, 6.45) is 4.67. The van der Waals surface area contributed by atoms with Crippen molar-refractivity contribution >= 4 is 28.8 Å². The lowest BCUT2D eigenvalue weighted by atomic mass is 10.1. The number of hydrogen-bond donors (Lipinski definition) is 0. The first-order valence-corrected chi connectivity index (χ1v) is 10.1. The van der Waals surface area contributed by atoms with Gasteiger partial charge in [0.1, 0.15) is 0 Å². The summed E-state index contributed by atoms with van der Waals surface area (Å²) in [5.41, 5.74) is 2.12. The van der Waals surface area contributed by atoms with E-state index in [-0.39, 0.29) is 6.04 Å². The maximum atomic E-state index is 13.0. The van der Waals surface area contributed by atoms with Gasteiger partial charge in [0.25, 0.3) is 0 Å². The fourth-order valence-electron chi connectivity index (χ4n) is 3.74. The maximum absolute atomic E-state index is 13.0. The van der Waals surface area contributed by atoms with Crippen LogP contribution < -0.4 is 0 Å². The minimum atomic E-state index is -2.71. The zero-order valence-corrected chi connectivity index (χ0v) is 17.1. The highest BCUT2D eigenvalue weighted by Gasteiger charge is 2.40. The Morgan fingerprint density at radius 1 is 1.53 bits per heavy atom. The van der Waals surface area contributed by atoms with E-state index < -0.39 is 12.6 Å². The molecule has 0 aliphatic carbocycles. The Balaban J connectivity index is 1.73. The van der Waals surface area contributed by atoms with Crippen LogP contribution in [0.15, 0.2) is 47.2 Å². The molecule has 2 aliphatic heterocycles. The normalized spacial score (nSPS) is 18.5. The van der Waals surface area contributed by atoms with E-state index in [0.717, 1.165) is 16.3 Å². The van der Waals surface area contributed by atoms with Gasteiger partial charge in [0.2, 0.25) is 0 Å². The monoisotopic (exact) mass is 434 g/mol. The van der Waals surface area contributed by atoms with Crippen molar-refractivity contribution in [3.05, 3.63) is 52.9 Å². The van der Waals surface area contributed by atoms with Crippen LogP contribution in [0.1, 0.15) is 23.7 Å². The first-order valence-electron chi connectivity index (χ1n) is 9.26. The van der Waals surface area contributed by atoms with Gasteiger partial charge in [-0.15, -0.1) is 17.9 Å². The average molecular weight is 434 g/mol. The summed E-state index contributed by atoms with van der Waals surface area (Å²) >= 11 is 1.47. The predicted molar refractivity (Wildman–Crippen MR) is 108 cm³/mol. The zero-order chi connectivity index (χ0) is 21.3. The highest BCUT2D eigenvalue weighted by Crippen LogP contribution is 2.36. The molecule has 2 aromatic heterocycles. The highest BCUT2D eigenvalue weighted by atomic mass is 32.1. The van der Waals surface area contributed by atoms with E-state index in [1.54, 1.807) is 23.2 Å². The minimum Gasteiger partial charge on any atom is -0.453 e. The molecular weight excluding hydrogens is 414 g/mol. The summed E-state index contributed by atoms with van der Waals surface area (Å²) in [6.45, 7) is 2.13. The molecule has 2 aromatic rings. The van der Waals surface area contributed by atoms with Crippen LogP contribution in [0.3, 0.4) is 0 Å². The van der Waals surface area contributed by atoms with Gasteiger partial charge in [0, 0.05) is 48.6 Å². The summed E-state index contributed by atoms with van der Waals surface area (Å²) in [5, 5.41) is 6.65. The SMILES string of the molecule is C=CCN(C(=O)OC)C1CC2=C(c3ccn(C(F)F)n3)CN=C(c3nccs3)N2C1. The zero-order valence-electron chi connectivity index (χ0n) is 16.2. The molecule has 30 heavy (non-hydrogen) atoms. The molecule has 2 aliphatic rings. The third kappa shape index (κ3) is 3.60. The molecule has 158 valence electrons. The van der Waals surface area contributed by atoms with Crippen molar-refractivity contribution < 1.29 is 18.3 Å². The third-order valence-corrected chi connectivity index (χ3v) is 5.82. The molecule has 0 N–H and O–H groups in total. The predicted octanol–water partition coefficient (Wildman–Crippen LogP) is 3.23. The van der Waals surface area contributed by atoms with E-state index in [0.29, 0.717) is 42.3 Å². The van der Waals surface area contributed by atoms with E-state index in [9.17, 15) is 13.6 Å². The number of carbonyl (C=O) groups excluding carboxylic acids is 1. The molecule has 4 rings (SSSR count). The molecule has 1 amide bonds. The van der Waals surface area contributed by atoms with Crippen LogP contribution in [0, 0.1) is 0 Å². The largest absolute Gasteiger partial charge is 0.453 e. The van der Waals surface area contributed by atoms with E-state index in [4.69, 9.17) is 4.74 Å². The summed E-state index contributed by atoms with van der Waals surface area (Å²) in [5.74, 6) is 0.711. The van der Waals surface area contributed by atoms with Crippen LogP contribution in [0.5, 0.6) is 0 Å². The summed E-state index contributed by atoms with van der Waals surface area (Å²) in [6, 6.07) is 1.37. The standard InChI is InChI=1S/C19H20F2N6O2S/c1-3-6-25(19(28)29-2)12-9-15-13(14-4-7-27(24-14)18(20)21)10-23-16(26(15)11-12)17-22-5-8-30-17/h3-5,7-8,12,18H,1,6,9-11H2,2H3. The highest BCUT2D eigenvalue weighted by molar-refractivity contribution is 7.11. The van der Waals surface area contributed by atoms with Crippen LogP contribution in [-0.4, -0.2) is 69.3 Å². The van der Waals surface area contributed by atoms with Crippen molar-refractivity contribution in [2.24, 2.45) is 4.99 Å². The van der Waals surface area contributed by atoms with Gasteiger partial charge in [-0.2, -0.15) is 13.9 Å². The van der Waals surface area contributed by atoms with Crippen LogP contribution >= 0.6 is 11.3 Å². The molecule has 0 spiro atoms. The number of alkyl halides is 2. The van der Waals surface area contributed by atoms with Gasteiger partial charge in [-0.05, 0) is 6.07 Å². The minimum absolute atomic E-state index is 0.194. The molecule has 11 heteroatoms. The topological polar surface area (TPSA) is 75.8 Å². The Labute approximate surface area is 175 Å². The number of halogens is 2. The molecule has 8 nitrogen and oxygen atoms in total. The number of rotatable bonds is 6. The van der Waals surface area contributed by atoms with E-state index in [2.05, 4.69) is 21.7 Å². The number of thiazole rings is 1. The number of nitrogens with zero attached hydrogens (tertiary/aromatic N) is 6. The molecule has 0 saturated carbocycles. The molecule has 1 unspecified atom stereocenters. The fraction of sp³-hybridized carbons (Fsp3) is 0.368. The number of ether oxygens (including phenoxy) is 1. The second-order valence-corrected chi connectivity index (χ2v) is 7.64. The summed E-state index contributed by atoms with van der Waals surface area (Å²) in [7, 11) is 1.34. The number of aliphatic imine (C=N–C) groups is 1. The second kappa shape index (κ2) is 8.34. The van der Waals surface area contributed by atoms with Crippen molar-refractivity contribution in [1.82, 2.24) is 24.6 Å². The van der Waals surface area contributed by atoms with Gasteiger partial charge in [0.05, 0.1) is 25.4 Å². The van der Waals surface area contributed by atoms with Gasteiger partial charge >= 0.3 is 12.6 Å². The van der Waals surface area contributed by atoms with Crippen LogP contribution in [0.4, 0.5) is 13.6 Å². The summed E-state index contributed by atoms with van der Waals surface area (Å²) in [4.78, 5) is 25.0. The summed E-state index contributed by atoms with van der Waals surface area (Å²) < 4.78 is 31.6. The molecule has 1 fully saturated rings. The number of aromatic nitrogens is 3. The Morgan fingerprint density at radius 3 is 3.00 bits per heavy atom. The van der Waals surface area contributed by atoms with Gasteiger partial charge < -0.3 is 9.64 Å². The number of amidine groups is 1. The van der Waals surface area contributed by atoms with Crippen molar-refractivity contribution in [2.75, 3.05) is 26.7 Å². The quantitative estimate of drug-likeness (QED) is 0.653. The van der Waals surface area contributed by atoms with Crippen LogP contribution in [-0.2, 0) is 4.74 Å². The first-order chi connectivity index (χ1) is 14.5. The smallest absolute Gasteiger partial charge is 0.410 e. The number of carbonyl (C=O) groups is 1. The van der Waals surface area contributed by atoms with E-state index in [1.165, 1.54) is 24.6 Å². The van der Waals surface area contributed by atoms with Gasteiger partial charge in [0.15, 0.2) is 10.8 Å². The number of methoxy groups -OCH3 is 1. The number of hydrogen-bond acceptors (Lipinski definition) is 7. The Bertz CT molecular complexity index is 1000. The Kier molecular flexibility index (Phi) is 5.62. The second-order valence-electron chi connectivity index (χ2n) is 6.74. The van der Waals surface area contributed by atoms with Crippen LogP contribution in [0.25, 0.3) is 5.57 Å².